The quantitative estimate of drug-likeness (QED) is 0.523. The van der Waals surface area contributed by atoms with Crippen molar-refractivity contribution in [1.29, 1.82) is 0 Å². The number of rotatable bonds is 10. The van der Waals surface area contributed by atoms with Crippen LogP contribution in [0.2, 0.25) is 0 Å². The predicted octanol–water partition coefficient (Wildman–Crippen LogP) is 2.82. The van der Waals surface area contributed by atoms with Crippen LogP contribution in [0, 0.1) is 0 Å². The van der Waals surface area contributed by atoms with Crippen LogP contribution in [0.15, 0.2) is 11.5 Å². The van der Waals surface area contributed by atoms with E-state index < -0.39 is 5.97 Å². The van der Waals surface area contributed by atoms with E-state index in [1.807, 2.05) is 4.57 Å². The average molecular weight is 271 g/mol. The summed E-state index contributed by atoms with van der Waals surface area (Å²) in [7, 11) is 0. The minimum atomic E-state index is -0.825. The van der Waals surface area contributed by atoms with Crippen LogP contribution in [-0.4, -0.2) is 31.6 Å². The zero-order valence-corrected chi connectivity index (χ0v) is 11.7. The van der Waals surface area contributed by atoms with Gasteiger partial charge in [0.1, 0.15) is 6.33 Å². The molecule has 0 saturated carbocycles. The maximum atomic E-state index is 10.5. The molecule has 0 fully saturated rings. The first-order valence-electron chi connectivity index (χ1n) is 6.46. The third-order valence-corrected chi connectivity index (χ3v) is 3.62. The average Bonchev–Trinajstić information content (AvgIpc) is 2.78. The molecular weight excluding hydrogens is 250 g/mol. The first kappa shape index (κ1) is 15.0. The molecule has 1 aromatic heterocycles. The van der Waals surface area contributed by atoms with Crippen LogP contribution in [0.4, 0.5) is 0 Å². The van der Waals surface area contributed by atoms with E-state index in [-0.39, 0.29) is 5.75 Å². The van der Waals surface area contributed by atoms with Crippen molar-refractivity contribution < 1.29 is 9.90 Å². The molecule has 1 aromatic rings. The van der Waals surface area contributed by atoms with Gasteiger partial charge in [0.15, 0.2) is 5.16 Å². The SMILES string of the molecule is CCCCCCCCn1cnnc1SCC(=O)O. The van der Waals surface area contributed by atoms with Crippen molar-refractivity contribution in [2.75, 3.05) is 5.75 Å². The molecule has 0 aliphatic carbocycles. The van der Waals surface area contributed by atoms with Gasteiger partial charge in [0, 0.05) is 6.54 Å². The third kappa shape index (κ3) is 6.05. The molecule has 0 bridgehead atoms. The van der Waals surface area contributed by atoms with E-state index in [1.165, 1.54) is 43.9 Å². The molecule has 1 N–H and O–H groups in total. The zero-order valence-electron chi connectivity index (χ0n) is 10.8. The number of aliphatic carboxylic acids is 1. The molecule has 6 heteroatoms. The van der Waals surface area contributed by atoms with Gasteiger partial charge in [0.2, 0.25) is 0 Å². The first-order chi connectivity index (χ1) is 8.74. The van der Waals surface area contributed by atoms with Crippen molar-refractivity contribution in [3.8, 4) is 0 Å². The number of carboxylic acid groups (broad SMARTS) is 1. The molecule has 0 unspecified atom stereocenters. The second-order valence-electron chi connectivity index (χ2n) is 4.26. The smallest absolute Gasteiger partial charge is 0.313 e. The molecule has 102 valence electrons. The highest BCUT2D eigenvalue weighted by Gasteiger charge is 2.07. The Kier molecular flexibility index (Phi) is 7.48. The standard InChI is InChI=1S/C12H21N3O2S/c1-2-3-4-5-6-7-8-15-10-13-14-12(15)18-9-11(16)17/h10H,2-9H2,1H3,(H,16,17). The van der Waals surface area contributed by atoms with Crippen molar-refractivity contribution in [3.63, 3.8) is 0 Å². The second-order valence-corrected chi connectivity index (χ2v) is 5.20. The maximum Gasteiger partial charge on any atom is 0.313 e. The van der Waals surface area contributed by atoms with E-state index >= 15 is 0 Å². The number of aryl methyl sites for hydroxylation is 1. The van der Waals surface area contributed by atoms with E-state index in [0.29, 0.717) is 5.16 Å². The summed E-state index contributed by atoms with van der Waals surface area (Å²) in [5.41, 5.74) is 0. The molecule has 1 heterocycles. The third-order valence-electron chi connectivity index (χ3n) is 2.66. The van der Waals surface area contributed by atoms with Crippen molar-refractivity contribution in [3.05, 3.63) is 6.33 Å². The summed E-state index contributed by atoms with van der Waals surface area (Å²) in [5.74, 6) is -0.788. The Labute approximate surface area is 112 Å². The van der Waals surface area contributed by atoms with Gasteiger partial charge >= 0.3 is 5.97 Å². The molecule has 0 amide bonds. The topological polar surface area (TPSA) is 68.0 Å². The zero-order chi connectivity index (χ0) is 13.2. The molecule has 0 saturated heterocycles. The molecule has 0 aliphatic heterocycles. The molecule has 18 heavy (non-hydrogen) atoms. The molecule has 0 spiro atoms. The largest absolute Gasteiger partial charge is 0.481 e. The summed E-state index contributed by atoms with van der Waals surface area (Å²) in [4.78, 5) is 10.5. The molecule has 0 aliphatic rings. The van der Waals surface area contributed by atoms with Crippen LogP contribution >= 0.6 is 11.8 Å². The van der Waals surface area contributed by atoms with Gasteiger partial charge in [-0.3, -0.25) is 4.79 Å². The second kappa shape index (κ2) is 8.97. The van der Waals surface area contributed by atoms with E-state index in [1.54, 1.807) is 6.33 Å². The monoisotopic (exact) mass is 271 g/mol. The van der Waals surface area contributed by atoms with Gasteiger partial charge in [-0.2, -0.15) is 0 Å². The van der Waals surface area contributed by atoms with E-state index in [0.717, 1.165) is 13.0 Å². The lowest BCUT2D eigenvalue weighted by Gasteiger charge is -2.05. The van der Waals surface area contributed by atoms with Crippen LogP contribution in [0.25, 0.3) is 0 Å². The summed E-state index contributed by atoms with van der Waals surface area (Å²) in [6, 6.07) is 0. The summed E-state index contributed by atoms with van der Waals surface area (Å²) in [6.45, 7) is 3.09. The van der Waals surface area contributed by atoms with Crippen LogP contribution < -0.4 is 0 Å². The summed E-state index contributed by atoms with van der Waals surface area (Å²) < 4.78 is 1.94. The Hall–Kier alpha value is -1.04. The van der Waals surface area contributed by atoms with Crippen LogP contribution in [0.5, 0.6) is 0 Å². The van der Waals surface area contributed by atoms with E-state index in [4.69, 9.17) is 5.11 Å². The lowest BCUT2D eigenvalue weighted by molar-refractivity contribution is -0.133. The van der Waals surface area contributed by atoms with Gasteiger partial charge in [0.25, 0.3) is 0 Å². The summed E-state index contributed by atoms with van der Waals surface area (Å²) in [6.07, 6.45) is 9.14. The van der Waals surface area contributed by atoms with Crippen molar-refractivity contribution in [2.24, 2.45) is 0 Å². The highest BCUT2D eigenvalue weighted by molar-refractivity contribution is 7.99. The maximum absolute atomic E-state index is 10.5. The molecular formula is C12H21N3O2S. The highest BCUT2D eigenvalue weighted by Crippen LogP contribution is 2.15. The number of unbranched alkanes of at least 4 members (excludes halogenated alkanes) is 5. The summed E-state index contributed by atoms with van der Waals surface area (Å²) in [5, 5.41) is 17.1. The number of carboxylic acids is 1. The normalized spacial score (nSPS) is 10.7. The van der Waals surface area contributed by atoms with Crippen molar-refractivity contribution in [1.82, 2.24) is 14.8 Å². The minimum absolute atomic E-state index is 0.0369. The fourth-order valence-corrected chi connectivity index (χ4v) is 2.36. The van der Waals surface area contributed by atoms with Gasteiger partial charge in [0.05, 0.1) is 5.75 Å². The lowest BCUT2D eigenvalue weighted by Crippen LogP contribution is -2.03. The molecule has 0 atom stereocenters. The Morgan fingerprint density at radius 1 is 1.33 bits per heavy atom. The first-order valence-corrected chi connectivity index (χ1v) is 7.45. The number of hydrogen-bond acceptors (Lipinski definition) is 4. The molecule has 0 aromatic carbocycles. The van der Waals surface area contributed by atoms with Gasteiger partial charge in [-0.1, -0.05) is 50.8 Å². The van der Waals surface area contributed by atoms with Crippen molar-refractivity contribution in [2.45, 2.75) is 57.1 Å². The van der Waals surface area contributed by atoms with E-state index in [9.17, 15) is 4.79 Å². The lowest BCUT2D eigenvalue weighted by atomic mass is 10.1. The highest BCUT2D eigenvalue weighted by atomic mass is 32.2. The number of carbonyl (C=O) groups is 1. The Bertz CT molecular complexity index is 355. The van der Waals surface area contributed by atoms with Crippen LogP contribution in [0.1, 0.15) is 45.4 Å². The van der Waals surface area contributed by atoms with Crippen molar-refractivity contribution >= 4 is 17.7 Å². The number of nitrogens with zero attached hydrogens (tertiary/aromatic N) is 3. The Balaban J connectivity index is 2.21. The Morgan fingerprint density at radius 2 is 2.06 bits per heavy atom. The fraction of sp³-hybridized carbons (Fsp3) is 0.750. The fourth-order valence-electron chi connectivity index (χ4n) is 1.70. The number of hydrogen-bond donors (Lipinski definition) is 1. The number of aromatic nitrogens is 3. The molecule has 0 radical (unpaired) electrons. The summed E-state index contributed by atoms with van der Waals surface area (Å²) >= 11 is 1.22. The van der Waals surface area contributed by atoms with Gasteiger partial charge < -0.3 is 9.67 Å². The predicted molar refractivity (Wildman–Crippen MR) is 71.8 cm³/mol. The Morgan fingerprint density at radius 3 is 2.78 bits per heavy atom. The molecule has 1 rings (SSSR count). The molecule has 5 nitrogen and oxygen atoms in total. The van der Waals surface area contributed by atoms with Gasteiger partial charge in [-0.25, -0.2) is 0 Å². The van der Waals surface area contributed by atoms with E-state index in [2.05, 4.69) is 17.1 Å². The number of thioether (sulfide) groups is 1. The van der Waals surface area contributed by atoms with Gasteiger partial charge in [-0.05, 0) is 6.42 Å². The van der Waals surface area contributed by atoms with Crippen LogP contribution in [-0.2, 0) is 11.3 Å². The van der Waals surface area contributed by atoms with Gasteiger partial charge in [-0.15, -0.1) is 10.2 Å². The van der Waals surface area contributed by atoms with Crippen LogP contribution in [0.3, 0.4) is 0 Å². The minimum Gasteiger partial charge on any atom is -0.481 e.